The molecule has 3 fully saturated rings. The molecule has 1 N–H and O–H groups in total. The number of piperazine rings is 1. The first kappa shape index (κ1) is 25.1. The number of hydrogen-bond acceptors (Lipinski definition) is 5. The molecule has 34 heavy (non-hydrogen) atoms. The summed E-state index contributed by atoms with van der Waals surface area (Å²) in [5, 5.41) is 3.25. The van der Waals surface area contributed by atoms with Gasteiger partial charge >= 0.3 is 0 Å². The summed E-state index contributed by atoms with van der Waals surface area (Å²) >= 11 is 0. The molecule has 1 aliphatic carbocycles. The van der Waals surface area contributed by atoms with Crippen molar-refractivity contribution in [1.29, 1.82) is 0 Å². The Morgan fingerprint density at radius 2 is 1.68 bits per heavy atom. The number of rotatable bonds is 10. The van der Waals surface area contributed by atoms with E-state index < -0.39 is 0 Å². The average molecular weight is 471 g/mol. The number of ether oxygens (including phenoxy) is 1. The van der Waals surface area contributed by atoms with Crippen LogP contribution in [0.25, 0.3) is 0 Å². The molecule has 4 rings (SSSR count). The molecule has 0 aromatic heterocycles. The molecule has 0 radical (unpaired) electrons. The summed E-state index contributed by atoms with van der Waals surface area (Å²) in [5.41, 5.74) is 1.21. The van der Waals surface area contributed by atoms with Crippen molar-refractivity contribution in [2.45, 2.75) is 51.0 Å². The minimum atomic E-state index is -0.0487. The fourth-order valence-corrected chi connectivity index (χ4v) is 5.70. The van der Waals surface area contributed by atoms with Crippen molar-refractivity contribution in [2.75, 3.05) is 65.6 Å². The number of morpholine rings is 1. The first-order valence-electron chi connectivity index (χ1n) is 13.3. The van der Waals surface area contributed by atoms with Crippen LogP contribution in [0.4, 0.5) is 0 Å². The standard InChI is InChI=1S/C27H42N4O3/c32-25(12-11-23-7-2-1-3-8-23)30-15-17-31(18-16-30)26(24-9-4-5-10-24)27(33)28-13-6-14-29-19-21-34-22-20-29/h1-3,7-8,24,26H,4-6,9-22H2,(H,28,33). The lowest BCUT2D eigenvalue weighted by Crippen LogP contribution is -2.58. The van der Waals surface area contributed by atoms with Crippen molar-refractivity contribution >= 4 is 11.8 Å². The normalized spacial score (nSPS) is 21.5. The van der Waals surface area contributed by atoms with Gasteiger partial charge in [0.05, 0.1) is 19.3 Å². The predicted molar refractivity (Wildman–Crippen MR) is 134 cm³/mol. The second-order valence-corrected chi connectivity index (χ2v) is 9.99. The fraction of sp³-hybridized carbons (Fsp3) is 0.704. The Labute approximate surface area is 204 Å². The highest BCUT2D eigenvalue weighted by Gasteiger charge is 2.37. The van der Waals surface area contributed by atoms with E-state index in [9.17, 15) is 9.59 Å². The van der Waals surface area contributed by atoms with Gasteiger partial charge in [0.2, 0.25) is 11.8 Å². The number of nitrogens with one attached hydrogen (secondary N) is 1. The topological polar surface area (TPSA) is 65.1 Å². The minimum Gasteiger partial charge on any atom is -0.379 e. The van der Waals surface area contributed by atoms with Crippen LogP contribution in [-0.4, -0.2) is 98.1 Å². The Bertz CT molecular complexity index is 754. The van der Waals surface area contributed by atoms with Crippen molar-refractivity contribution in [1.82, 2.24) is 20.0 Å². The average Bonchev–Trinajstić information content (AvgIpc) is 3.41. The molecule has 7 nitrogen and oxygen atoms in total. The van der Waals surface area contributed by atoms with E-state index in [-0.39, 0.29) is 17.9 Å². The quantitative estimate of drug-likeness (QED) is 0.531. The molecule has 2 heterocycles. The number of hydrogen-bond donors (Lipinski definition) is 1. The molecule has 3 aliphatic rings. The first-order valence-corrected chi connectivity index (χ1v) is 13.3. The lowest BCUT2D eigenvalue weighted by Gasteiger charge is -2.41. The van der Waals surface area contributed by atoms with E-state index in [1.54, 1.807) is 0 Å². The molecule has 2 saturated heterocycles. The predicted octanol–water partition coefficient (Wildman–Crippen LogP) is 2.16. The van der Waals surface area contributed by atoms with Gasteiger partial charge in [0.25, 0.3) is 0 Å². The highest BCUT2D eigenvalue weighted by molar-refractivity contribution is 5.82. The van der Waals surface area contributed by atoms with Gasteiger partial charge < -0.3 is 15.0 Å². The summed E-state index contributed by atoms with van der Waals surface area (Å²) in [6.45, 7) is 8.40. The third-order valence-corrected chi connectivity index (χ3v) is 7.70. The van der Waals surface area contributed by atoms with E-state index in [0.717, 1.165) is 91.3 Å². The Morgan fingerprint density at radius 1 is 0.971 bits per heavy atom. The summed E-state index contributed by atoms with van der Waals surface area (Å²) in [7, 11) is 0. The highest BCUT2D eigenvalue weighted by atomic mass is 16.5. The van der Waals surface area contributed by atoms with Gasteiger partial charge in [-0.3, -0.25) is 19.4 Å². The van der Waals surface area contributed by atoms with Gasteiger partial charge in [-0.15, -0.1) is 0 Å². The van der Waals surface area contributed by atoms with Crippen LogP contribution in [0.3, 0.4) is 0 Å². The van der Waals surface area contributed by atoms with Crippen LogP contribution in [0, 0.1) is 5.92 Å². The Balaban J connectivity index is 1.22. The smallest absolute Gasteiger partial charge is 0.237 e. The van der Waals surface area contributed by atoms with E-state index in [1.807, 2.05) is 23.1 Å². The lowest BCUT2D eigenvalue weighted by molar-refractivity contribution is -0.135. The van der Waals surface area contributed by atoms with Crippen LogP contribution in [-0.2, 0) is 20.7 Å². The number of carbonyl (C=O) groups is 2. The lowest BCUT2D eigenvalue weighted by atomic mass is 9.95. The van der Waals surface area contributed by atoms with E-state index >= 15 is 0 Å². The second-order valence-electron chi connectivity index (χ2n) is 9.99. The summed E-state index contributed by atoms with van der Waals surface area (Å²) in [6.07, 6.45) is 7.06. The SMILES string of the molecule is O=C(NCCCN1CCOCC1)C(C1CCCC1)N1CCN(C(=O)CCc2ccccc2)CC1. The van der Waals surface area contributed by atoms with Gasteiger partial charge in [-0.05, 0) is 43.7 Å². The van der Waals surface area contributed by atoms with Crippen LogP contribution in [0.1, 0.15) is 44.1 Å². The van der Waals surface area contributed by atoms with Gasteiger partial charge in [-0.2, -0.15) is 0 Å². The highest BCUT2D eigenvalue weighted by Crippen LogP contribution is 2.31. The summed E-state index contributed by atoms with van der Waals surface area (Å²) in [5.74, 6) is 0.866. The van der Waals surface area contributed by atoms with Gasteiger partial charge in [-0.1, -0.05) is 43.2 Å². The van der Waals surface area contributed by atoms with E-state index in [1.165, 1.54) is 18.4 Å². The number of amides is 2. The molecule has 1 aromatic carbocycles. The summed E-state index contributed by atoms with van der Waals surface area (Å²) in [6, 6.07) is 10.2. The van der Waals surface area contributed by atoms with Crippen LogP contribution in [0.15, 0.2) is 30.3 Å². The Hall–Kier alpha value is -1.96. The van der Waals surface area contributed by atoms with Crippen molar-refractivity contribution in [3.05, 3.63) is 35.9 Å². The van der Waals surface area contributed by atoms with Gasteiger partial charge in [0.15, 0.2) is 0 Å². The third-order valence-electron chi connectivity index (χ3n) is 7.70. The van der Waals surface area contributed by atoms with Crippen LogP contribution >= 0.6 is 0 Å². The number of nitrogens with zero attached hydrogens (tertiary/aromatic N) is 3. The zero-order valence-corrected chi connectivity index (χ0v) is 20.6. The largest absolute Gasteiger partial charge is 0.379 e. The van der Waals surface area contributed by atoms with E-state index in [2.05, 4.69) is 27.2 Å². The number of aryl methyl sites for hydroxylation is 1. The van der Waals surface area contributed by atoms with Crippen LogP contribution in [0.5, 0.6) is 0 Å². The van der Waals surface area contributed by atoms with Crippen LogP contribution < -0.4 is 5.32 Å². The van der Waals surface area contributed by atoms with Crippen molar-refractivity contribution in [3.8, 4) is 0 Å². The molecule has 0 spiro atoms. The fourth-order valence-electron chi connectivity index (χ4n) is 5.70. The van der Waals surface area contributed by atoms with E-state index in [0.29, 0.717) is 12.3 Å². The van der Waals surface area contributed by atoms with Crippen molar-refractivity contribution in [3.63, 3.8) is 0 Å². The Morgan fingerprint density at radius 3 is 2.38 bits per heavy atom. The minimum absolute atomic E-state index is 0.0487. The molecular weight excluding hydrogens is 428 g/mol. The third kappa shape index (κ3) is 7.27. The summed E-state index contributed by atoms with van der Waals surface area (Å²) < 4.78 is 5.41. The van der Waals surface area contributed by atoms with Gasteiger partial charge in [0.1, 0.15) is 0 Å². The zero-order valence-electron chi connectivity index (χ0n) is 20.6. The zero-order chi connectivity index (χ0) is 23.6. The van der Waals surface area contributed by atoms with Crippen molar-refractivity contribution < 1.29 is 14.3 Å². The van der Waals surface area contributed by atoms with Crippen LogP contribution in [0.2, 0.25) is 0 Å². The summed E-state index contributed by atoms with van der Waals surface area (Å²) in [4.78, 5) is 32.8. The molecule has 2 aliphatic heterocycles. The first-order chi connectivity index (χ1) is 16.7. The van der Waals surface area contributed by atoms with Gasteiger partial charge in [-0.25, -0.2) is 0 Å². The molecule has 0 bridgehead atoms. The maximum atomic E-state index is 13.3. The molecule has 2 amide bonds. The molecular formula is C27H42N4O3. The van der Waals surface area contributed by atoms with Crippen molar-refractivity contribution in [2.24, 2.45) is 5.92 Å². The van der Waals surface area contributed by atoms with E-state index in [4.69, 9.17) is 4.74 Å². The molecule has 7 heteroatoms. The number of benzene rings is 1. The molecule has 1 unspecified atom stereocenters. The Kier molecular flexibility index (Phi) is 9.77. The second kappa shape index (κ2) is 13.2. The molecule has 1 saturated carbocycles. The van der Waals surface area contributed by atoms with Gasteiger partial charge in [0, 0.05) is 52.2 Å². The molecule has 188 valence electrons. The monoisotopic (exact) mass is 470 g/mol. The maximum absolute atomic E-state index is 13.3. The maximum Gasteiger partial charge on any atom is 0.237 e. The molecule has 1 atom stereocenters. The number of carbonyl (C=O) groups excluding carboxylic acids is 2. The molecule has 1 aromatic rings.